The molecule has 0 aliphatic carbocycles. The minimum Gasteiger partial charge on any atom is -0.314 e. The average Bonchev–Trinajstić information content (AvgIpc) is 2.47. The maximum absolute atomic E-state index is 13.0. The molecule has 1 fully saturated rings. The summed E-state index contributed by atoms with van der Waals surface area (Å²) in [6.07, 6.45) is 3.31. The largest absolute Gasteiger partial charge is 0.314 e. The molecular weight excluding hydrogens is 425 g/mol. The van der Waals surface area contributed by atoms with Crippen LogP contribution in [-0.4, -0.2) is 43.4 Å². The fourth-order valence-electron chi connectivity index (χ4n) is 2.68. The molecule has 1 aromatic carbocycles. The molecule has 3 rings (SSSR count). The topological polar surface area (TPSA) is 62.3 Å². The summed E-state index contributed by atoms with van der Waals surface area (Å²) in [6.45, 7) is 3.76. The van der Waals surface area contributed by atoms with Crippen molar-refractivity contribution in [2.24, 2.45) is 0 Å². The van der Waals surface area contributed by atoms with E-state index in [4.69, 9.17) is 0 Å². The number of aromatic nitrogens is 1. The molecule has 1 N–H and O–H groups in total. The molecule has 0 bridgehead atoms. The minimum absolute atomic E-state index is 0. The molecule has 0 saturated carbocycles. The van der Waals surface area contributed by atoms with Crippen molar-refractivity contribution >= 4 is 61.5 Å². The van der Waals surface area contributed by atoms with Gasteiger partial charge in [-0.3, -0.25) is 4.98 Å². The summed E-state index contributed by atoms with van der Waals surface area (Å²) in [4.78, 5) is 4.43. The number of nitrogens with zero attached hydrogens (tertiary/aromatic N) is 2. The van der Waals surface area contributed by atoms with Gasteiger partial charge in [0.05, 0.1) is 4.90 Å². The molecule has 2 heterocycles. The molecule has 1 saturated heterocycles. The monoisotopic (exact) mass is 441 g/mol. The van der Waals surface area contributed by atoms with E-state index < -0.39 is 10.0 Å². The first-order chi connectivity index (χ1) is 10.0. The number of sulfonamides is 1. The van der Waals surface area contributed by atoms with E-state index in [0.29, 0.717) is 34.4 Å². The van der Waals surface area contributed by atoms with Crippen LogP contribution in [0.1, 0.15) is 6.92 Å². The van der Waals surface area contributed by atoms with Gasteiger partial charge < -0.3 is 5.32 Å². The molecule has 1 aliphatic rings. The van der Waals surface area contributed by atoms with Gasteiger partial charge in [0, 0.05) is 53.3 Å². The second kappa shape index (κ2) is 8.09. The standard InChI is InChI=1S/C14H16BrN3O2S.2ClH/c1-10-7-16-5-6-18(10)21(19,20)13-4-2-3-11-8-17-9-12(15)14(11)13;;/h2-4,8-10,16H,5-7H2,1H3;2*1H/t10-;;/m0../s1. The first kappa shape index (κ1) is 20.6. The number of pyridine rings is 1. The summed E-state index contributed by atoms with van der Waals surface area (Å²) < 4.78 is 28.3. The predicted octanol–water partition coefficient (Wildman–Crippen LogP) is 2.82. The van der Waals surface area contributed by atoms with Gasteiger partial charge in [0.25, 0.3) is 0 Å². The van der Waals surface area contributed by atoms with Crippen LogP contribution in [0, 0.1) is 0 Å². The van der Waals surface area contributed by atoms with Gasteiger partial charge in [-0.2, -0.15) is 4.31 Å². The Labute approximate surface area is 156 Å². The number of piperazine rings is 1. The smallest absolute Gasteiger partial charge is 0.244 e. The first-order valence-corrected chi connectivity index (χ1v) is 9.00. The van der Waals surface area contributed by atoms with Crippen LogP contribution in [0.3, 0.4) is 0 Å². The van der Waals surface area contributed by atoms with Crippen molar-refractivity contribution in [3.05, 3.63) is 35.1 Å². The lowest BCUT2D eigenvalue weighted by molar-refractivity contribution is 0.284. The Balaban J connectivity index is 0.00000132. The van der Waals surface area contributed by atoms with Gasteiger partial charge in [-0.25, -0.2) is 8.42 Å². The second-order valence-electron chi connectivity index (χ2n) is 5.14. The zero-order valence-corrected chi connectivity index (χ0v) is 16.4. The van der Waals surface area contributed by atoms with Crippen molar-refractivity contribution in [3.63, 3.8) is 0 Å². The molecule has 23 heavy (non-hydrogen) atoms. The Morgan fingerprint density at radius 2 is 2.04 bits per heavy atom. The van der Waals surface area contributed by atoms with Crippen molar-refractivity contribution < 1.29 is 8.42 Å². The lowest BCUT2D eigenvalue weighted by atomic mass is 10.2. The Bertz CT molecular complexity index is 783. The molecule has 0 radical (unpaired) electrons. The van der Waals surface area contributed by atoms with Gasteiger partial charge >= 0.3 is 0 Å². The van der Waals surface area contributed by atoms with Crippen LogP contribution in [0.2, 0.25) is 0 Å². The highest BCUT2D eigenvalue weighted by Gasteiger charge is 2.32. The van der Waals surface area contributed by atoms with Crippen LogP contribution >= 0.6 is 40.7 Å². The average molecular weight is 443 g/mol. The van der Waals surface area contributed by atoms with Gasteiger partial charge in [-0.15, -0.1) is 24.8 Å². The van der Waals surface area contributed by atoms with Crippen molar-refractivity contribution in [2.45, 2.75) is 17.9 Å². The first-order valence-electron chi connectivity index (χ1n) is 6.76. The van der Waals surface area contributed by atoms with Gasteiger partial charge in [0.2, 0.25) is 10.0 Å². The summed E-state index contributed by atoms with van der Waals surface area (Å²) in [5, 5.41) is 4.72. The molecule has 1 aromatic heterocycles. The van der Waals surface area contributed by atoms with E-state index in [2.05, 4.69) is 26.2 Å². The summed E-state index contributed by atoms with van der Waals surface area (Å²) in [7, 11) is -3.52. The second-order valence-corrected chi connectivity index (χ2v) is 7.86. The van der Waals surface area contributed by atoms with Crippen LogP contribution in [-0.2, 0) is 10.0 Å². The molecular formula is C14H18BrCl2N3O2S. The van der Waals surface area contributed by atoms with E-state index >= 15 is 0 Å². The zero-order valence-electron chi connectivity index (χ0n) is 12.4. The lowest BCUT2D eigenvalue weighted by Crippen LogP contribution is -2.52. The number of hydrogen-bond donors (Lipinski definition) is 1. The Kier molecular flexibility index (Phi) is 7.25. The van der Waals surface area contributed by atoms with Gasteiger partial charge in [0.1, 0.15) is 0 Å². The highest BCUT2D eigenvalue weighted by Crippen LogP contribution is 2.31. The van der Waals surface area contributed by atoms with Gasteiger partial charge in [-0.1, -0.05) is 12.1 Å². The summed E-state index contributed by atoms with van der Waals surface area (Å²) in [6, 6.07) is 5.24. The number of fused-ring (bicyclic) bond motifs is 1. The van der Waals surface area contributed by atoms with Crippen LogP contribution in [0.15, 0.2) is 40.0 Å². The molecule has 1 atom stereocenters. The number of hydrogen-bond acceptors (Lipinski definition) is 4. The van der Waals surface area contributed by atoms with Crippen molar-refractivity contribution in [1.29, 1.82) is 0 Å². The van der Waals surface area contributed by atoms with E-state index in [0.717, 1.165) is 5.39 Å². The van der Waals surface area contributed by atoms with Crippen LogP contribution < -0.4 is 5.32 Å². The maximum Gasteiger partial charge on any atom is 0.244 e. The van der Waals surface area contributed by atoms with Crippen molar-refractivity contribution in [1.82, 2.24) is 14.6 Å². The number of halogens is 3. The van der Waals surface area contributed by atoms with Crippen LogP contribution in [0.4, 0.5) is 0 Å². The normalized spacial score (nSPS) is 19.0. The number of benzene rings is 1. The third-order valence-corrected chi connectivity index (χ3v) is 6.38. The molecule has 9 heteroatoms. The number of rotatable bonds is 2. The SMILES string of the molecule is C[C@H]1CNCCN1S(=O)(=O)c1cccc2cncc(Br)c12.Cl.Cl. The summed E-state index contributed by atoms with van der Waals surface area (Å²) in [5.41, 5.74) is 0. The fraction of sp³-hybridized carbons (Fsp3) is 0.357. The molecule has 0 unspecified atom stereocenters. The summed E-state index contributed by atoms with van der Waals surface area (Å²) >= 11 is 3.42. The van der Waals surface area contributed by atoms with E-state index in [-0.39, 0.29) is 30.9 Å². The lowest BCUT2D eigenvalue weighted by Gasteiger charge is -2.33. The Morgan fingerprint density at radius 1 is 1.30 bits per heavy atom. The highest BCUT2D eigenvalue weighted by atomic mass is 79.9. The summed E-state index contributed by atoms with van der Waals surface area (Å²) in [5.74, 6) is 0. The van der Waals surface area contributed by atoms with Crippen molar-refractivity contribution in [2.75, 3.05) is 19.6 Å². The van der Waals surface area contributed by atoms with Crippen LogP contribution in [0.25, 0.3) is 10.8 Å². The third kappa shape index (κ3) is 3.81. The fourth-order valence-corrected chi connectivity index (χ4v) is 5.24. The minimum atomic E-state index is -3.52. The van der Waals surface area contributed by atoms with E-state index in [1.807, 2.05) is 13.0 Å². The molecule has 5 nitrogen and oxygen atoms in total. The molecule has 0 amide bonds. The van der Waals surface area contributed by atoms with Gasteiger partial charge in [-0.05, 0) is 28.9 Å². The zero-order chi connectivity index (χ0) is 15.0. The molecule has 1 aliphatic heterocycles. The Hall–Kier alpha value is -0.440. The quantitative estimate of drug-likeness (QED) is 0.776. The van der Waals surface area contributed by atoms with E-state index in [9.17, 15) is 8.42 Å². The highest BCUT2D eigenvalue weighted by molar-refractivity contribution is 9.10. The number of nitrogens with one attached hydrogen (secondary N) is 1. The maximum atomic E-state index is 13.0. The molecule has 128 valence electrons. The van der Waals surface area contributed by atoms with Crippen molar-refractivity contribution in [3.8, 4) is 0 Å². The van der Waals surface area contributed by atoms with E-state index in [1.54, 1.807) is 28.8 Å². The Morgan fingerprint density at radius 3 is 2.74 bits per heavy atom. The predicted molar refractivity (Wildman–Crippen MR) is 100 cm³/mol. The molecule has 0 spiro atoms. The van der Waals surface area contributed by atoms with Gasteiger partial charge in [0.15, 0.2) is 0 Å². The third-order valence-electron chi connectivity index (χ3n) is 3.73. The van der Waals surface area contributed by atoms with E-state index in [1.165, 1.54) is 0 Å². The van der Waals surface area contributed by atoms with Crippen LogP contribution in [0.5, 0.6) is 0 Å². The molecule has 2 aromatic rings.